The molecule has 0 spiro atoms. The number of nitrogens with zero attached hydrogens (tertiary/aromatic N) is 1. The van der Waals surface area contributed by atoms with Crippen LogP contribution in [0.5, 0.6) is 0 Å². The van der Waals surface area contributed by atoms with Crippen LogP contribution in [-0.2, 0) is 25.5 Å². The first-order valence-corrected chi connectivity index (χ1v) is 9.93. The monoisotopic (exact) mass is 388 g/mol. The van der Waals surface area contributed by atoms with E-state index in [2.05, 4.69) is 12.2 Å². The summed E-state index contributed by atoms with van der Waals surface area (Å²) in [6.07, 6.45) is 2.96. The van der Waals surface area contributed by atoms with Crippen LogP contribution >= 0.6 is 0 Å². The molecule has 28 heavy (non-hydrogen) atoms. The number of anilines is 1. The average molecular weight is 388 g/mol. The van der Waals surface area contributed by atoms with E-state index in [0.29, 0.717) is 32.6 Å². The van der Waals surface area contributed by atoms with Crippen LogP contribution in [0.15, 0.2) is 24.3 Å². The van der Waals surface area contributed by atoms with Gasteiger partial charge in [0.1, 0.15) is 0 Å². The van der Waals surface area contributed by atoms with Gasteiger partial charge in [-0.25, -0.2) is 0 Å². The second kappa shape index (κ2) is 8.73. The minimum absolute atomic E-state index is 0.0704. The van der Waals surface area contributed by atoms with E-state index in [0.717, 1.165) is 18.5 Å². The third kappa shape index (κ3) is 4.35. The number of aryl methyl sites for hydroxylation is 1. The maximum atomic E-state index is 12.6. The van der Waals surface area contributed by atoms with Gasteiger partial charge in [0.05, 0.1) is 11.3 Å². The number of amides is 2. The van der Waals surface area contributed by atoms with Crippen LogP contribution in [0.25, 0.3) is 0 Å². The van der Waals surface area contributed by atoms with Crippen molar-refractivity contribution < 1.29 is 24.2 Å². The molecule has 0 aliphatic carbocycles. The summed E-state index contributed by atoms with van der Waals surface area (Å²) in [7, 11) is 0. The van der Waals surface area contributed by atoms with Gasteiger partial charge in [0.2, 0.25) is 11.8 Å². The number of hydrogen-bond acceptors (Lipinski definition) is 4. The Bertz CT molecular complexity index is 725. The predicted molar refractivity (Wildman–Crippen MR) is 104 cm³/mol. The number of rotatable bonds is 7. The van der Waals surface area contributed by atoms with Crippen molar-refractivity contribution >= 4 is 23.5 Å². The molecule has 0 radical (unpaired) electrons. The molecule has 2 aliphatic heterocycles. The van der Waals surface area contributed by atoms with Gasteiger partial charge in [-0.05, 0) is 37.0 Å². The van der Waals surface area contributed by atoms with Crippen molar-refractivity contribution in [1.29, 1.82) is 0 Å². The Morgan fingerprint density at radius 2 is 1.93 bits per heavy atom. The smallest absolute Gasteiger partial charge is 0.311 e. The maximum Gasteiger partial charge on any atom is 0.311 e. The van der Waals surface area contributed by atoms with E-state index >= 15 is 0 Å². The highest BCUT2D eigenvalue weighted by molar-refractivity contribution is 6.00. The number of carboxylic acids is 1. The fourth-order valence-corrected chi connectivity index (χ4v) is 3.89. The number of carbonyl (C=O) groups is 3. The Morgan fingerprint density at radius 1 is 1.25 bits per heavy atom. The zero-order valence-corrected chi connectivity index (χ0v) is 16.3. The van der Waals surface area contributed by atoms with Gasteiger partial charge in [0, 0.05) is 38.4 Å². The number of aliphatic carboxylic acids is 1. The van der Waals surface area contributed by atoms with Gasteiger partial charge in [0.25, 0.3) is 0 Å². The van der Waals surface area contributed by atoms with Crippen LogP contribution in [0.3, 0.4) is 0 Å². The molecule has 2 fully saturated rings. The molecule has 0 bridgehead atoms. The van der Waals surface area contributed by atoms with Crippen LogP contribution in [0.1, 0.15) is 38.2 Å². The molecule has 2 N–H and O–H groups in total. The summed E-state index contributed by atoms with van der Waals surface area (Å²) in [5.74, 6) is -1.71. The molecule has 1 aromatic carbocycles. The maximum absolute atomic E-state index is 12.6. The summed E-state index contributed by atoms with van der Waals surface area (Å²) in [5, 5.41) is 12.4. The van der Waals surface area contributed by atoms with Crippen LogP contribution in [0.4, 0.5) is 5.69 Å². The third-order valence-corrected chi connectivity index (χ3v) is 5.79. The molecule has 2 saturated heterocycles. The molecular formula is C21H28N2O5. The van der Waals surface area contributed by atoms with Crippen LogP contribution in [0, 0.1) is 11.3 Å². The summed E-state index contributed by atoms with van der Waals surface area (Å²) in [6, 6.07) is 7.87. The summed E-state index contributed by atoms with van der Waals surface area (Å²) in [6.45, 7) is 3.27. The lowest BCUT2D eigenvalue weighted by Gasteiger charge is -2.33. The zero-order valence-electron chi connectivity index (χ0n) is 16.3. The van der Waals surface area contributed by atoms with Crippen LogP contribution < -0.4 is 10.2 Å². The van der Waals surface area contributed by atoms with Gasteiger partial charge < -0.3 is 20.1 Å². The Labute approximate surface area is 165 Å². The molecular weight excluding hydrogens is 360 g/mol. The molecule has 3 rings (SSSR count). The first kappa shape index (κ1) is 20.3. The lowest BCUT2D eigenvalue weighted by Crippen LogP contribution is -2.48. The number of carboxylic acid groups (broad SMARTS) is 1. The fraction of sp³-hybridized carbons (Fsp3) is 0.571. The topological polar surface area (TPSA) is 95.9 Å². The van der Waals surface area contributed by atoms with E-state index in [1.165, 1.54) is 5.56 Å². The lowest BCUT2D eigenvalue weighted by atomic mass is 9.80. The molecule has 2 amide bonds. The van der Waals surface area contributed by atoms with Gasteiger partial charge in [0.15, 0.2) is 0 Å². The molecule has 2 aliphatic rings. The van der Waals surface area contributed by atoms with Crippen molar-refractivity contribution in [3.63, 3.8) is 0 Å². The highest BCUT2D eigenvalue weighted by Crippen LogP contribution is 2.31. The quantitative estimate of drug-likeness (QED) is 0.745. The van der Waals surface area contributed by atoms with Crippen LogP contribution in [0.2, 0.25) is 0 Å². The van der Waals surface area contributed by atoms with E-state index in [1.807, 2.05) is 24.3 Å². The van der Waals surface area contributed by atoms with E-state index in [9.17, 15) is 19.5 Å². The Morgan fingerprint density at radius 3 is 2.54 bits per heavy atom. The molecule has 2 heterocycles. The molecule has 1 atom stereocenters. The highest BCUT2D eigenvalue weighted by atomic mass is 16.5. The minimum atomic E-state index is -0.981. The Hall–Kier alpha value is -2.41. The SMILES string of the molecule is CCCc1ccc(N2CC(C(=O)NCC3(C(=O)O)CCOCC3)CC2=O)cc1. The van der Waals surface area contributed by atoms with Crippen molar-refractivity contribution in [1.82, 2.24) is 5.32 Å². The number of nitrogens with one attached hydrogen (secondary N) is 1. The third-order valence-electron chi connectivity index (χ3n) is 5.79. The van der Waals surface area contributed by atoms with Crippen molar-refractivity contribution in [2.75, 3.05) is 31.2 Å². The first-order chi connectivity index (χ1) is 13.4. The summed E-state index contributed by atoms with van der Waals surface area (Å²) >= 11 is 0. The Balaban J connectivity index is 1.59. The number of carbonyl (C=O) groups excluding carboxylic acids is 2. The van der Waals surface area contributed by atoms with Gasteiger partial charge in [-0.1, -0.05) is 25.5 Å². The standard InChI is InChI=1S/C21H28N2O5/c1-2-3-15-4-6-17(7-5-15)23-13-16(12-18(23)24)19(25)22-14-21(20(26)27)8-10-28-11-9-21/h4-7,16H,2-3,8-14H2,1H3,(H,22,25)(H,26,27). The molecule has 0 saturated carbocycles. The Kier molecular flexibility index (Phi) is 6.34. The van der Waals surface area contributed by atoms with Crippen molar-refractivity contribution in [2.24, 2.45) is 11.3 Å². The second-order valence-electron chi connectivity index (χ2n) is 7.74. The van der Waals surface area contributed by atoms with E-state index in [-0.39, 0.29) is 24.8 Å². The average Bonchev–Trinajstić information content (AvgIpc) is 3.09. The second-order valence-corrected chi connectivity index (χ2v) is 7.74. The summed E-state index contributed by atoms with van der Waals surface area (Å²) < 4.78 is 5.25. The van der Waals surface area contributed by atoms with Crippen molar-refractivity contribution in [3.05, 3.63) is 29.8 Å². The summed E-state index contributed by atoms with van der Waals surface area (Å²) in [4.78, 5) is 38.4. The van der Waals surface area contributed by atoms with E-state index in [1.54, 1.807) is 4.90 Å². The van der Waals surface area contributed by atoms with Gasteiger partial charge in [-0.3, -0.25) is 14.4 Å². The minimum Gasteiger partial charge on any atom is -0.481 e. The molecule has 7 heteroatoms. The predicted octanol–water partition coefficient (Wildman–Crippen LogP) is 1.99. The molecule has 152 valence electrons. The van der Waals surface area contributed by atoms with Gasteiger partial charge >= 0.3 is 5.97 Å². The van der Waals surface area contributed by atoms with Crippen LogP contribution in [-0.4, -0.2) is 49.2 Å². The summed E-state index contributed by atoms with van der Waals surface area (Å²) in [5.41, 5.74) is 1.04. The number of ether oxygens (including phenoxy) is 1. The van der Waals surface area contributed by atoms with E-state index in [4.69, 9.17) is 4.74 Å². The fourth-order valence-electron chi connectivity index (χ4n) is 3.89. The lowest BCUT2D eigenvalue weighted by molar-refractivity contribution is -0.154. The van der Waals surface area contributed by atoms with Gasteiger partial charge in [-0.2, -0.15) is 0 Å². The zero-order chi connectivity index (χ0) is 20.1. The van der Waals surface area contributed by atoms with E-state index < -0.39 is 17.3 Å². The van der Waals surface area contributed by atoms with Crippen molar-refractivity contribution in [2.45, 2.75) is 39.0 Å². The number of benzene rings is 1. The normalized spacial score (nSPS) is 21.5. The number of hydrogen-bond donors (Lipinski definition) is 2. The molecule has 1 unspecified atom stereocenters. The largest absolute Gasteiger partial charge is 0.481 e. The van der Waals surface area contributed by atoms with Crippen molar-refractivity contribution in [3.8, 4) is 0 Å². The molecule has 7 nitrogen and oxygen atoms in total. The molecule has 0 aromatic heterocycles. The van der Waals surface area contributed by atoms with Gasteiger partial charge in [-0.15, -0.1) is 0 Å². The molecule has 1 aromatic rings. The highest BCUT2D eigenvalue weighted by Gasteiger charge is 2.42. The first-order valence-electron chi connectivity index (χ1n) is 9.93.